The highest BCUT2D eigenvalue weighted by Gasteiger charge is 2.17. The molecule has 0 aliphatic rings. The molecule has 7 nitrogen and oxygen atoms in total. The lowest BCUT2D eigenvalue weighted by molar-refractivity contribution is 0.0475. The number of ether oxygens (including phenoxy) is 1. The summed E-state index contributed by atoms with van der Waals surface area (Å²) < 4.78 is 9.86. The van der Waals surface area contributed by atoms with E-state index in [0.29, 0.717) is 10.5 Å². The van der Waals surface area contributed by atoms with Gasteiger partial charge < -0.3 is 9.15 Å². The van der Waals surface area contributed by atoms with Gasteiger partial charge >= 0.3 is 11.9 Å². The summed E-state index contributed by atoms with van der Waals surface area (Å²) in [4.78, 5) is 15.8. The SMILES string of the molecule is CCOC(=O)c1nnc(Sc2cnccc2C#N)o1. The maximum absolute atomic E-state index is 11.3. The summed E-state index contributed by atoms with van der Waals surface area (Å²) in [5, 5.41) is 16.3. The highest BCUT2D eigenvalue weighted by Crippen LogP contribution is 2.28. The van der Waals surface area contributed by atoms with E-state index < -0.39 is 5.97 Å². The molecule has 0 atom stereocenters. The van der Waals surface area contributed by atoms with Crippen LogP contribution in [0.4, 0.5) is 0 Å². The van der Waals surface area contributed by atoms with Crippen LogP contribution in [0.5, 0.6) is 0 Å². The summed E-state index contributed by atoms with van der Waals surface area (Å²) in [7, 11) is 0. The summed E-state index contributed by atoms with van der Waals surface area (Å²) in [6.07, 6.45) is 3.03. The highest BCUT2D eigenvalue weighted by molar-refractivity contribution is 7.99. The normalized spacial score (nSPS) is 9.89. The van der Waals surface area contributed by atoms with Crippen LogP contribution in [-0.2, 0) is 4.74 Å². The van der Waals surface area contributed by atoms with Crippen molar-refractivity contribution in [3.05, 3.63) is 29.9 Å². The topological polar surface area (TPSA) is 102 Å². The van der Waals surface area contributed by atoms with Crippen LogP contribution in [0, 0.1) is 11.3 Å². The van der Waals surface area contributed by atoms with Gasteiger partial charge in [0.1, 0.15) is 6.07 Å². The summed E-state index contributed by atoms with van der Waals surface area (Å²) in [5.74, 6) is -0.889. The van der Waals surface area contributed by atoms with Crippen molar-refractivity contribution < 1.29 is 13.9 Å². The van der Waals surface area contributed by atoms with Gasteiger partial charge in [0.05, 0.1) is 17.1 Å². The van der Waals surface area contributed by atoms with Gasteiger partial charge in [-0.2, -0.15) is 5.26 Å². The number of rotatable bonds is 4. The molecular formula is C11H8N4O3S. The molecule has 2 aromatic rings. The Morgan fingerprint density at radius 3 is 3.16 bits per heavy atom. The van der Waals surface area contributed by atoms with Crippen LogP contribution in [0.2, 0.25) is 0 Å². The number of hydrogen-bond donors (Lipinski definition) is 0. The number of nitriles is 1. The van der Waals surface area contributed by atoms with Gasteiger partial charge in [-0.25, -0.2) is 4.79 Å². The standard InChI is InChI=1S/C11H8N4O3S/c1-2-17-10(16)9-14-15-11(18-9)19-8-6-13-4-3-7(8)5-12/h3-4,6H,2H2,1H3. The molecule has 0 N–H and O–H groups in total. The maximum atomic E-state index is 11.3. The second-order valence-corrected chi connectivity index (χ2v) is 4.17. The Morgan fingerprint density at radius 1 is 1.58 bits per heavy atom. The fourth-order valence-corrected chi connectivity index (χ4v) is 1.90. The quantitative estimate of drug-likeness (QED) is 0.777. The van der Waals surface area contributed by atoms with Crippen LogP contribution in [0.1, 0.15) is 23.2 Å². The van der Waals surface area contributed by atoms with Crippen molar-refractivity contribution in [2.75, 3.05) is 6.61 Å². The third-order valence-corrected chi connectivity index (χ3v) is 2.84. The van der Waals surface area contributed by atoms with E-state index >= 15 is 0 Å². The minimum atomic E-state index is -0.673. The molecule has 0 spiro atoms. The first-order valence-corrected chi connectivity index (χ1v) is 6.08. The van der Waals surface area contributed by atoms with Gasteiger partial charge in [0.25, 0.3) is 5.22 Å². The van der Waals surface area contributed by atoms with Crippen molar-refractivity contribution in [2.24, 2.45) is 0 Å². The zero-order chi connectivity index (χ0) is 13.7. The predicted octanol–water partition coefficient (Wildman–Crippen LogP) is 1.66. The van der Waals surface area contributed by atoms with Gasteiger partial charge in [-0.3, -0.25) is 4.98 Å². The molecule has 0 bridgehead atoms. The van der Waals surface area contributed by atoms with E-state index in [-0.39, 0.29) is 17.7 Å². The number of carbonyl (C=O) groups excluding carboxylic acids is 1. The third kappa shape index (κ3) is 3.08. The van der Waals surface area contributed by atoms with Crippen LogP contribution in [-0.4, -0.2) is 27.8 Å². The van der Waals surface area contributed by atoms with Crippen molar-refractivity contribution in [3.8, 4) is 6.07 Å². The van der Waals surface area contributed by atoms with E-state index in [0.717, 1.165) is 11.8 Å². The minimum Gasteiger partial charge on any atom is -0.459 e. The summed E-state index contributed by atoms with van der Waals surface area (Å²) in [6.45, 7) is 1.91. The van der Waals surface area contributed by atoms with Crippen molar-refractivity contribution in [1.82, 2.24) is 15.2 Å². The van der Waals surface area contributed by atoms with E-state index in [1.165, 1.54) is 12.4 Å². The molecule has 8 heteroatoms. The molecule has 2 aromatic heterocycles. The molecule has 0 radical (unpaired) electrons. The molecule has 0 saturated carbocycles. The average Bonchev–Trinajstić information content (AvgIpc) is 2.88. The van der Waals surface area contributed by atoms with Crippen molar-refractivity contribution in [3.63, 3.8) is 0 Å². The van der Waals surface area contributed by atoms with Crippen LogP contribution < -0.4 is 0 Å². The molecule has 2 heterocycles. The third-order valence-electron chi connectivity index (χ3n) is 1.96. The number of nitrogens with zero attached hydrogens (tertiary/aromatic N) is 4. The van der Waals surface area contributed by atoms with E-state index in [9.17, 15) is 4.79 Å². The van der Waals surface area contributed by atoms with Gasteiger partial charge in [-0.05, 0) is 24.8 Å². The number of esters is 1. The fourth-order valence-electron chi connectivity index (χ4n) is 1.17. The first-order chi connectivity index (χ1) is 9.24. The lowest BCUT2D eigenvalue weighted by atomic mass is 10.3. The zero-order valence-corrected chi connectivity index (χ0v) is 10.7. The van der Waals surface area contributed by atoms with Crippen LogP contribution in [0.3, 0.4) is 0 Å². The monoisotopic (exact) mass is 276 g/mol. The molecule has 0 fully saturated rings. The zero-order valence-electron chi connectivity index (χ0n) is 9.86. The fraction of sp³-hybridized carbons (Fsp3) is 0.182. The Labute approximate surface area is 112 Å². The van der Waals surface area contributed by atoms with Crippen molar-refractivity contribution in [2.45, 2.75) is 17.0 Å². The van der Waals surface area contributed by atoms with E-state index in [1.807, 2.05) is 6.07 Å². The number of pyridine rings is 1. The lowest BCUT2D eigenvalue weighted by Gasteiger charge is -1.97. The summed E-state index contributed by atoms with van der Waals surface area (Å²) in [6, 6.07) is 3.60. The van der Waals surface area contributed by atoms with Gasteiger partial charge in [0.2, 0.25) is 0 Å². The average molecular weight is 276 g/mol. The molecule has 96 valence electrons. The van der Waals surface area contributed by atoms with E-state index in [1.54, 1.807) is 13.0 Å². The number of hydrogen-bond acceptors (Lipinski definition) is 8. The maximum Gasteiger partial charge on any atom is 0.396 e. The molecule has 0 amide bonds. The van der Waals surface area contributed by atoms with Gasteiger partial charge in [0, 0.05) is 12.4 Å². The first kappa shape index (κ1) is 13.0. The second kappa shape index (κ2) is 5.97. The summed E-state index contributed by atoms with van der Waals surface area (Å²) >= 11 is 1.06. The van der Waals surface area contributed by atoms with Crippen LogP contribution in [0.25, 0.3) is 0 Å². The van der Waals surface area contributed by atoms with Gasteiger partial charge in [-0.1, -0.05) is 5.10 Å². The molecule has 0 aromatic carbocycles. The smallest absolute Gasteiger partial charge is 0.396 e. The Balaban J connectivity index is 2.16. The molecule has 0 aliphatic heterocycles. The van der Waals surface area contributed by atoms with Crippen LogP contribution in [0.15, 0.2) is 33.0 Å². The number of aromatic nitrogens is 3. The number of carbonyl (C=O) groups is 1. The van der Waals surface area contributed by atoms with Gasteiger partial charge in [0.15, 0.2) is 0 Å². The molecular weight excluding hydrogens is 268 g/mol. The van der Waals surface area contributed by atoms with Crippen molar-refractivity contribution >= 4 is 17.7 Å². The van der Waals surface area contributed by atoms with E-state index in [4.69, 9.17) is 14.4 Å². The molecule has 0 aliphatic carbocycles. The summed E-state index contributed by atoms with van der Waals surface area (Å²) in [5.41, 5.74) is 0.441. The minimum absolute atomic E-state index is 0.146. The molecule has 19 heavy (non-hydrogen) atoms. The van der Waals surface area contributed by atoms with Crippen molar-refractivity contribution in [1.29, 1.82) is 5.26 Å². The Bertz CT molecular complexity index is 635. The Kier molecular flexibility index (Phi) is 4.10. The molecule has 0 unspecified atom stereocenters. The molecule has 2 rings (SSSR count). The largest absolute Gasteiger partial charge is 0.459 e. The second-order valence-electron chi connectivity index (χ2n) is 3.18. The lowest BCUT2D eigenvalue weighted by Crippen LogP contribution is -2.04. The van der Waals surface area contributed by atoms with Gasteiger partial charge in [-0.15, -0.1) is 5.10 Å². The first-order valence-electron chi connectivity index (χ1n) is 5.27. The molecule has 0 saturated heterocycles. The Hall–Kier alpha value is -2.40. The van der Waals surface area contributed by atoms with E-state index in [2.05, 4.69) is 15.2 Å². The van der Waals surface area contributed by atoms with Crippen LogP contribution >= 0.6 is 11.8 Å². The predicted molar refractivity (Wildman–Crippen MR) is 63.3 cm³/mol. The highest BCUT2D eigenvalue weighted by atomic mass is 32.2. The Morgan fingerprint density at radius 2 is 2.42 bits per heavy atom.